The third-order valence-electron chi connectivity index (χ3n) is 1.44. The van der Waals surface area contributed by atoms with Crippen molar-refractivity contribution in [2.45, 2.75) is 20.8 Å². The van der Waals surface area contributed by atoms with Crippen molar-refractivity contribution in [1.82, 2.24) is 0 Å². The van der Waals surface area contributed by atoms with E-state index in [1.54, 1.807) is 6.21 Å². The Morgan fingerprint density at radius 1 is 1.50 bits per heavy atom. The summed E-state index contributed by atoms with van der Waals surface area (Å²) in [5.41, 5.74) is 1.34. The number of hydrogen-bond acceptors (Lipinski definition) is 1. The van der Waals surface area contributed by atoms with E-state index in [4.69, 9.17) is 0 Å². The molecule has 0 aromatic heterocycles. The maximum Gasteiger partial charge on any atom is 0.0267 e. The lowest BCUT2D eigenvalue weighted by Crippen LogP contribution is -1.87. The summed E-state index contributed by atoms with van der Waals surface area (Å²) in [5.74, 6) is 0.608. The highest BCUT2D eigenvalue weighted by atomic mass is 14.6. The van der Waals surface area contributed by atoms with E-state index in [2.05, 4.69) is 32.3 Å². The zero-order valence-corrected chi connectivity index (χ0v) is 6.96. The first-order valence-electron chi connectivity index (χ1n) is 3.49. The van der Waals surface area contributed by atoms with Gasteiger partial charge in [0.25, 0.3) is 0 Å². The molecule has 56 valence electrons. The van der Waals surface area contributed by atoms with Gasteiger partial charge in [-0.15, -0.1) is 0 Å². The van der Waals surface area contributed by atoms with Crippen molar-refractivity contribution in [2.75, 3.05) is 0 Å². The smallest absolute Gasteiger partial charge is 0.0267 e. The molecule has 0 atom stereocenters. The van der Waals surface area contributed by atoms with E-state index >= 15 is 0 Å². The van der Waals surface area contributed by atoms with Crippen LogP contribution in [-0.2, 0) is 0 Å². The van der Waals surface area contributed by atoms with Gasteiger partial charge in [0.1, 0.15) is 0 Å². The SMILES string of the molecule is C=CN=C/C=C(\C)C(C)C. The second-order valence-electron chi connectivity index (χ2n) is 2.55. The average Bonchev–Trinajstić information content (AvgIpc) is 1.88. The Hall–Kier alpha value is -0.850. The molecule has 0 bridgehead atoms. The average molecular weight is 137 g/mol. The molecule has 0 rings (SSSR count). The minimum absolute atomic E-state index is 0.608. The van der Waals surface area contributed by atoms with Gasteiger partial charge in [0, 0.05) is 12.4 Å². The van der Waals surface area contributed by atoms with Crippen LogP contribution in [0.3, 0.4) is 0 Å². The van der Waals surface area contributed by atoms with Gasteiger partial charge in [-0.25, -0.2) is 0 Å². The van der Waals surface area contributed by atoms with Gasteiger partial charge in [-0.05, 0) is 18.9 Å². The molecule has 1 heteroatoms. The summed E-state index contributed by atoms with van der Waals surface area (Å²) in [6.07, 6.45) is 5.30. The van der Waals surface area contributed by atoms with Crippen LogP contribution in [0.15, 0.2) is 29.4 Å². The van der Waals surface area contributed by atoms with E-state index in [9.17, 15) is 0 Å². The molecule has 0 unspecified atom stereocenters. The lowest BCUT2D eigenvalue weighted by atomic mass is 10.1. The van der Waals surface area contributed by atoms with Crippen molar-refractivity contribution in [3.05, 3.63) is 24.4 Å². The van der Waals surface area contributed by atoms with Gasteiger partial charge < -0.3 is 0 Å². The van der Waals surface area contributed by atoms with Crippen LogP contribution in [0.1, 0.15) is 20.8 Å². The van der Waals surface area contributed by atoms with Crippen molar-refractivity contribution in [3.63, 3.8) is 0 Å². The fourth-order valence-electron chi connectivity index (χ4n) is 0.414. The summed E-state index contributed by atoms with van der Waals surface area (Å²) in [7, 11) is 0. The Morgan fingerprint density at radius 3 is 2.50 bits per heavy atom. The molecule has 0 saturated carbocycles. The fourth-order valence-corrected chi connectivity index (χ4v) is 0.414. The minimum Gasteiger partial charge on any atom is -0.265 e. The highest BCUT2D eigenvalue weighted by Crippen LogP contribution is 2.05. The number of aliphatic imine (C=N–C) groups is 1. The second kappa shape index (κ2) is 4.98. The Bertz CT molecular complexity index is 152. The number of hydrogen-bond donors (Lipinski definition) is 0. The molecule has 0 radical (unpaired) electrons. The molecule has 0 aromatic carbocycles. The normalized spacial score (nSPS) is 13.0. The Morgan fingerprint density at radius 2 is 2.10 bits per heavy atom. The molecule has 0 aliphatic rings. The predicted molar refractivity (Wildman–Crippen MR) is 47.3 cm³/mol. The van der Waals surface area contributed by atoms with E-state index < -0.39 is 0 Å². The number of allylic oxidation sites excluding steroid dienone is 2. The molecule has 0 spiro atoms. The van der Waals surface area contributed by atoms with Crippen LogP contribution in [0.4, 0.5) is 0 Å². The zero-order valence-electron chi connectivity index (χ0n) is 6.96. The van der Waals surface area contributed by atoms with Crippen molar-refractivity contribution in [3.8, 4) is 0 Å². The van der Waals surface area contributed by atoms with E-state index in [1.165, 1.54) is 11.8 Å². The van der Waals surface area contributed by atoms with Gasteiger partial charge in [0.2, 0.25) is 0 Å². The topological polar surface area (TPSA) is 12.4 Å². The van der Waals surface area contributed by atoms with Crippen molar-refractivity contribution in [1.29, 1.82) is 0 Å². The Labute approximate surface area is 63.2 Å². The highest BCUT2D eigenvalue weighted by molar-refractivity contribution is 5.72. The number of nitrogens with zero attached hydrogens (tertiary/aromatic N) is 1. The molecule has 0 aromatic rings. The third-order valence-corrected chi connectivity index (χ3v) is 1.44. The van der Waals surface area contributed by atoms with Gasteiger partial charge in [-0.2, -0.15) is 0 Å². The van der Waals surface area contributed by atoms with Crippen LogP contribution in [0, 0.1) is 5.92 Å². The van der Waals surface area contributed by atoms with Crippen LogP contribution in [0.5, 0.6) is 0 Å². The summed E-state index contributed by atoms with van der Waals surface area (Å²) >= 11 is 0. The van der Waals surface area contributed by atoms with E-state index in [0.717, 1.165) is 0 Å². The third kappa shape index (κ3) is 4.07. The van der Waals surface area contributed by atoms with Crippen LogP contribution >= 0.6 is 0 Å². The van der Waals surface area contributed by atoms with Crippen LogP contribution in [0.25, 0.3) is 0 Å². The maximum atomic E-state index is 3.86. The van der Waals surface area contributed by atoms with Gasteiger partial charge in [0.15, 0.2) is 0 Å². The van der Waals surface area contributed by atoms with Crippen molar-refractivity contribution >= 4 is 6.21 Å². The summed E-state index contributed by atoms with van der Waals surface area (Å²) < 4.78 is 0. The quantitative estimate of drug-likeness (QED) is 0.530. The molecule has 0 saturated heterocycles. The lowest BCUT2D eigenvalue weighted by molar-refractivity contribution is 0.771. The predicted octanol–water partition coefficient (Wildman–Crippen LogP) is 2.80. The van der Waals surface area contributed by atoms with Gasteiger partial charge in [-0.3, -0.25) is 4.99 Å². The molecular weight excluding hydrogens is 122 g/mol. The van der Waals surface area contributed by atoms with Crippen LogP contribution in [-0.4, -0.2) is 6.21 Å². The summed E-state index contributed by atoms with van der Waals surface area (Å²) in [4.78, 5) is 3.86. The Balaban J connectivity index is 3.91. The largest absolute Gasteiger partial charge is 0.265 e. The fraction of sp³-hybridized carbons (Fsp3) is 0.444. The molecule has 10 heavy (non-hydrogen) atoms. The standard InChI is InChI=1S/C9H15N/c1-5-10-7-6-9(4)8(2)3/h5-8H,1H2,2-4H3/b9-6+,10-7?. The molecule has 0 fully saturated rings. The summed E-state index contributed by atoms with van der Waals surface area (Å²) in [6.45, 7) is 9.89. The van der Waals surface area contributed by atoms with E-state index in [-0.39, 0.29) is 0 Å². The Kier molecular flexibility index (Phi) is 4.55. The maximum absolute atomic E-state index is 3.86. The highest BCUT2D eigenvalue weighted by Gasteiger charge is 1.91. The summed E-state index contributed by atoms with van der Waals surface area (Å²) in [5, 5.41) is 0. The van der Waals surface area contributed by atoms with Gasteiger partial charge in [-0.1, -0.05) is 26.0 Å². The first-order valence-corrected chi connectivity index (χ1v) is 3.49. The summed E-state index contributed by atoms with van der Waals surface area (Å²) in [6, 6.07) is 0. The first-order chi connectivity index (χ1) is 4.68. The molecule has 0 N–H and O–H groups in total. The first kappa shape index (κ1) is 9.15. The molecular formula is C9H15N. The molecule has 0 amide bonds. The van der Waals surface area contributed by atoms with Crippen LogP contribution in [0.2, 0.25) is 0 Å². The van der Waals surface area contributed by atoms with Gasteiger partial charge in [0.05, 0.1) is 0 Å². The monoisotopic (exact) mass is 137 g/mol. The molecule has 0 heterocycles. The number of rotatable bonds is 3. The van der Waals surface area contributed by atoms with Crippen LogP contribution < -0.4 is 0 Å². The van der Waals surface area contributed by atoms with Crippen molar-refractivity contribution in [2.24, 2.45) is 10.9 Å². The van der Waals surface area contributed by atoms with E-state index in [1.807, 2.05) is 6.08 Å². The van der Waals surface area contributed by atoms with Gasteiger partial charge >= 0.3 is 0 Å². The minimum atomic E-state index is 0.608. The molecule has 0 aliphatic carbocycles. The molecule has 1 nitrogen and oxygen atoms in total. The van der Waals surface area contributed by atoms with Crippen molar-refractivity contribution < 1.29 is 0 Å². The van der Waals surface area contributed by atoms with E-state index in [0.29, 0.717) is 5.92 Å². The second-order valence-corrected chi connectivity index (χ2v) is 2.55. The zero-order chi connectivity index (χ0) is 7.98. The molecule has 0 aliphatic heterocycles. The lowest BCUT2D eigenvalue weighted by Gasteiger charge is -2.00.